The van der Waals surface area contributed by atoms with E-state index in [1.54, 1.807) is 11.5 Å². The van der Waals surface area contributed by atoms with Gasteiger partial charge in [0.1, 0.15) is 0 Å². The zero-order chi connectivity index (χ0) is 8.39. The van der Waals surface area contributed by atoms with Crippen LogP contribution in [0.1, 0.15) is 35.7 Å². The molecule has 2 nitrogen and oxygen atoms in total. The van der Waals surface area contributed by atoms with Crippen LogP contribution < -0.4 is 5.32 Å². The maximum absolute atomic E-state index is 4.20. The van der Waals surface area contributed by atoms with Crippen LogP contribution in [0.5, 0.6) is 0 Å². The molecular weight excluding hydrogens is 168 g/mol. The molecule has 1 saturated heterocycles. The van der Waals surface area contributed by atoms with Crippen molar-refractivity contribution >= 4 is 11.5 Å². The van der Waals surface area contributed by atoms with Crippen molar-refractivity contribution in [3.8, 4) is 0 Å². The molecule has 0 bridgehead atoms. The van der Waals surface area contributed by atoms with Crippen LogP contribution >= 0.6 is 11.5 Å². The molecule has 1 aromatic heterocycles. The van der Waals surface area contributed by atoms with Gasteiger partial charge in [0.25, 0.3) is 0 Å². The molecule has 3 heteroatoms. The van der Waals surface area contributed by atoms with Crippen molar-refractivity contribution < 1.29 is 0 Å². The molecule has 1 fully saturated rings. The number of hydrogen-bond acceptors (Lipinski definition) is 3. The van der Waals surface area contributed by atoms with E-state index in [0.717, 1.165) is 0 Å². The van der Waals surface area contributed by atoms with Crippen LogP contribution in [0.4, 0.5) is 0 Å². The lowest BCUT2D eigenvalue weighted by atomic mass is 9.99. The molecule has 1 aliphatic rings. The second kappa shape index (κ2) is 3.54. The minimum absolute atomic E-state index is 0.581. The first-order chi connectivity index (χ1) is 5.88. The SMILES string of the molecule is Cc1sncc1C1CCCCN1. The third-order valence-corrected chi connectivity index (χ3v) is 3.19. The summed E-state index contributed by atoms with van der Waals surface area (Å²) in [4.78, 5) is 1.37. The number of piperidine rings is 1. The topological polar surface area (TPSA) is 24.9 Å². The van der Waals surface area contributed by atoms with E-state index in [1.807, 2.05) is 6.20 Å². The molecule has 1 aromatic rings. The van der Waals surface area contributed by atoms with E-state index in [2.05, 4.69) is 16.6 Å². The van der Waals surface area contributed by atoms with Gasteiger partial charge in [0.2, 0.25) is 0 Å². The summed E-state index contributed by atoms with van der Waals surface area (Å²) < 4.78 is 4.20. The summed E-state index contributed by atoms with van der Waals surface area (Å²) in [5.41, 5.74) is 1.42. The average Bonchev–Trinajstić information content (AvgIpc) is 2.53. The van der Waals surface area contributed by atoms with Gasteiger partial charge in [0, 0.05) is 22.7 Å². The summed E-state index contributed by atoms with van der Waals surface area (Å²) in [7, 11) is 0. The maximum atomic E-state index is 4.20. The minimum atomic E-state index is 0.581. The van der Waals surface area contributed by atoms with E-state index in [9.17, 15) is 0 Å². The standard InChI is InChI=1S/C9H14N2S/c1-7-8(6-11-12-7)9-4-2-3-5-10-9/h6,9-10H,2-5H2,1H3. The maximum Gasteiger partial charge on any atom is 0.0457 e. The molecule has 2 heterocycles. The summed E-state index contributed by atoms with van der Waals surface area (Å²) in [6.45, 7) is 3.32. The fourth-order valence-corrected chi connectivity index (χ4v) is 2.38. The van der Waals surface area contributed by atoms with Crippen molar-refractivity contribution in [1.82, 2.24) is 9.69 Å². The second-order valence-corrected chi connectivity index (χ2v) is 4.35. The lowest BCUT2D eigenvalue weighted by molar-refractivity contribution is 0.411. The summed E-state index contributed by atoms with van der Waals surface area (Å²) >= 11 is 1.61. The summed E-state index contributed by atoms with van der Waals surface area (Å²) in [6, 6.07) is 0.581. The largest absolute Gasteiger partial charge is 0.310 e. The monoisotopic (exact) mass is 182 g/mol. The van der Waals surface area contributed by atoms with Crippen LogP contribution in [0.15, 0.2) is 6.20 Å². The molecule has 1 unspecified atom stereocenters. The van der Waals surface area contributed by atoms with Gasteiger partial charge in [-0.05, 0) is 37.8 Å². The van der Waals surface area contributed by atoms with Gasteiger partial charge in [-0.2, -0.15) is 0 Å². The van der Waals surface area contributed by atoms with Crippen LogP contribution in [0.25, 0.3) is 0 Å². The molecule has 0 radical (unpaired) electrons. The molecule has 0 saturated carbocycles. The van der Waals surface area contributed by atoms with Gasteiger partial charge >= 0.3 is 0 Å². The van der Waals surface area contributed by atoms with Crippen molar-refractivity contribution in [2.24, 2.45) is 0 Å². The van der Waals surface area contributed by atoms with Gasteiger partial charge in [0.05, 0.1) is 0 Å². The highest BCUT2D eigenvalue weighted by Gasteiger charge is 2.17. The van der Waals surface area contributed by atoms with E-state index in [0.29, 0.717) is 6.04 Å². The molecule has 1 aliphatic heterocycles. The minimum Gasteiger partial charge on any atom is -0.310 e. The lowest BCUT2D eigenvalue weighted by Crippen LogP contribution is -2.26. The van der Waals surface area contributed by atoms with Crippen molar-refractivity contribution in [3.05, 3.63) is 16.6 Å². The third-order valence-electron chi connectivity index (χ3n) is 2.47. The van der Waals surface area contributed by atoms with E-state index in [1.165, 1.54) is 36.2 Å². The van der Waals surface area contributed by atoms with Gasteiger partial charge in [-0.3, -0.25) is 0 Å². The van der Waals surface area contributed by atoms with E-state index in [4.69, 9.17) is 0 Å². The molecule has 2 rings (SSSR count). The van der Waals surface area contributed by atoms with Gasteiger partial charge in [-0.1, -0.05) is 6.42 Å². The highest BCUT2D eigenvalue weighted by Crippen LogP contribution is 2.26. The number of nitrogens with zero attached hydrogens (tertiary/aromatic N) is 1. The fourth-order valence-electron chi connectivity index (χ4n) is 1.76. The Morgan fingerprint density at radius 1 is 1.58 bits per heavy atom. The number of rotatable bonds is 1. The van der Waals surface area contributed by atoms with Gasteiger partial charge < -0.3 is 5.32 Å². The van der Waals surface area contributed by atoms with Gasteiger partial charge in [0.15, 0.2) is 0 Å². The van der Waals surface area contributed by atoms with E-state index >= 15 is 0 Å². The predicted molar refractivity (Wildman–Crippen MR) is 51.4 cm³/mol. The van der Waals surface area contributed by atoms with Crippen LogP contribution in [-0.2, 0) is 0 Å². The van der Waals surface area contributed by atoms with Gasteiger partial charge in [-0.15, -0.1) is 0 Å². The molecule has 0 amide bonds. The molecule has 66 valence electrons. The van der Waals surface area contributed by atoms with Crippen LogP contribution in [0.3, 0.4) is 0 Å². The number of aromatic nitrogens is 1. The number of nitrogens with one attached hydrogen (secondary N) is 1. The number of hydrogen-bond donors (Lipinski definition) is 1. The predicted octanol–water partition coefficient (Wildman–Crippen LogP) is 2.27. The second-order valence-electron chi connectivity index (χ2n) is 3.34. The normalized spacial score (nSPS) is 24.2. The van der Waals surface area contributed by atoms with Crippen LogP contribution in [-0.4, -0.2) is 10.9 Å². The molecule has 1 N–H and O–H groups in total. The molecule has 0 spiro atoms. The summed E-state index contributed by atoms with van der Waals surface area (Å²) in [6.07, 6.45) is 5.97. The Morgan fingerprint density at radius 2 is 2.50 bits per heavy atom. The first-order valence-electron chi connectivity index (χ1n) is 4.52. The Kier molecular flexibility index (Phi) is 2.42. The molecule has 12 heavy (non-hydrogen) atoms. The fraction of sp³-hybridized carbons (Fsp3) is 0.667. The van der Waals surface area contributed by atoms with Crippen LogP contribution in [0, 0.1) is 6.92 Å². The quantitative estimate of drug-likeness (QED) is 0.720. The highest BCUT2D eigenvalue weighted by molar-refractivity contribution is 7.05. The summed E-state index contributed by atoms with van der Waals surface area (Å²) in [5.74, 6) is 0. The molecule has 0 aliphatic carbocycles. The Balaban J connectivity index is 2.13. The van der Waals surface area contributed by atoms with Crippen molar-refractivity contribution in [2.45, 2.75) is 32.2 Å². The smallest absolute Gasteiger partial charge is 0.0457 e. The third kappa shape index (κ3) is 1.52. The summed E-state index contributed by atoms with van der Waals surface area (Å²) in [5, 5.41) is 3.53. The Morgan fingerprint density at radius 3 is 3.08 bits per heavy atom. The van der Waals surface area contributed by atoms with Crippen molar-refractivity contribution in [3.63, 3.8) is 0 Å². The Hall–Kier alpha value is -0.410. The van der Waals surface area contributed by atoms with Crippen molar-refractivity contribution in [1.29, 1.82) is 0 Å². The first-order valence-corrected chi connectivity index (χ1v) is 5.30. The Labute approximate surface area is 77.2 Å². The molecule has 0 aromatic carbocycles. The number of aryl methyl sites for hydroxylation is 1. The zero-order valence-corrected chi connectivity index (χ0v) is 8.16. The molecule has 1 atom stereocenters. The van der Waals surface area contributed by atoms with Gasteiger partial charge in [-0.25, -0.2) is 4.37 Å². The molecular formula is C9H14N2S. The lowest BCUT2D eigenvalue weighted by Gasteiger charge is -2.22. The van der Waals surface area contributed by atoms with E-state index in [-0.39, 0.29) is 0 Å². The van der Waals surface area contributed by atoms with E-state index < -0.39 is 0 Å². The van der Waals surface area contributed by atoms with Crippen molar-refractivity contribution in [2.75, 3.05) is 6.54 Å². The first kappa shape index (κ1) is 8.20. The zero-order valence-electron chi connectivity index (χ0n) is 7.34. The van der Waals surface area contributed by atoms with Crippen LogP contribution in [0.2, 0.25) is 0 Å². The Bertz CT molecular complexity index is 251. The highest BCUT2D eigenvalue weighted by atomic mass is 32.1. The average molecular weight is 182 g/mol.